The molecule has 0 aliphatic carbocycles. The van der Waals surface area contributed by atoms with Gasteiger partial charge in [-0.3, -0.25) is 4.79 Å². The van der Waals surface area contributed by atoms with E-state index in [1.165, 1.54) is 0 Å². The van der Waals surface area contributed by atoms with Crippen molar-refractivity contribution in [2.24, 2.45) is 5.73 Å². The third kappa shape index (κ3) is 3.51. The molecule has 0 fully saturated rings. The SMILES string of the molecule is CN(C)c1cc(CCC(N)C(=O)O)ccn1. The normalized spacial score (nSPS) is 12.2. The van der Waals surface area contributed by atoms with Crippen molar-refractivity contribution in [2.45, 2.75) is 18.9 Å². The molecule has 3 N–H and O–H groups in total. The molecule has 0 amide bonds. The average Bonchev–Trinajstić information content (AvgIpc) is 2.26. The lowest BCUT2D eigenvalue weighted by molar-refractivity contribution is -0.138. The highest BCUT2D eigenvalue weighted by atomic mass is 16.4. The molecular formula is C11H17N3O2. The molecule has 0 aromatic carbocycles. The van der Waals surface area contributed by atoms with Crippen LogP contribution in [-0.4, -0.2) is 36.2 Å². The predicted octanol–water partition coefficient (Wildman–Crippen LogP) is 0.492. The Balaban J connectivity index is 2.60. The maximum absolute atomic E-state index is 10.6. The second-order valence-electron chi connectivity index (χ2n) is 3.90. The number of anilines is 1. The number of carboxylic acid groups (broad SMARTS) is 1. The van der Waals surface area contributed by atoms with Crippen LogP contribution in [0.25, 0.3) is 0 Å². The minimum absolute atomic E-state index is 0.437. The molecule has 5 nitrogen and oxygen atoms in total. The summed E-state index contributed by atoms with van der Waals surface area (Å²) in [5.41, 5.74) is 6.49. The van der Waals surface area contributed by atoms with Crippen molar-refractivity contribution in [2.75, 3.05) is 19.0 Å². The van der Waals surface area contributed by atoms with Gasteiger partial charge >= 0.3 is 5.97 Å². The van der Waals surface area contributed by atoms with Crippen LogP contribution in [0.15, 0.2) is 18.3 Å². The van der Waals surface area contributed by atoms with Gasteiger partial charge in [-0.25, -0.2) is 4.98 Å². The van der Waals surface area contributed by atoms with Crippen molar-refractivity contribution in [3.05, 3.63) is 23.9 Å². The van der Waals surface area contributed by atoms with E-state index in [-0.39, 0.29) is 0 Å². The minimum Gasteiger partial charge on any atom is -0.480 e. The van der Waals surface area contributed by atoms with Gasteiger partial charge in [-0.2, -0.15) is 0 Å². The smallest absolute Gasteiger partial charge is 0.320 e. The number of aryl methyl sites for hydroxylation is 1. The molecule has 1 rings (SSSR count). The largest absolute Gasteiger partial charge is 0.480 e. The van der Waals surface area contributed by atoms with E-state index < -0.39 is 12.0 Å². The fourth-order valence-corrected chi connectivity index (χ4v) is 1.31. The van der Waals surface area contributed by atoms with Gasteiger partial charge in [-0.05, 0) is 30.5 Å². The van der Waals surface area contributed by atoms with E-state index >= 15 is 0 Å². The van der Waals surface area contributed by atoms with Crippen molar-refractivity contribution in [3.8, 4) is 0 Å². The van der Waals surface area contributed by atoms with Gasteiger partial charge in [0.2, 0.25) is 0 Å². The Morgan fingerprint density at radius 1 is 1.62 bits per heavy atom. The topological polar surface area (TPSA) is 79.5 Å². The maximum atomic E-state index is 10.6. The first kappa shape index (κ1) is 12.4. The third-order valence-electron chi connectivity index (χ3n) is 2.33. The van der Waals surface area contributed by atoms with Gasteiger partial charge in [0.05, 0.1) is 0 Å². The van der Waals surface area contributed by atoms with Crippen LogP contribution in [0.2, 0.25) is 0 Å². The second-order valence-corrected chi connectivity index (χ2v) is 3.90. The molecule has 1 aromatic heterocycles. The highest BCUT2D eigenvalue weighted by Crippen LogP contribution is 2.11. The van der Waals surface area contributed by atoms with Crippen LogP contribution >= 0.6 is 0 Å². The maximum Gasteiger partial charge on any atom is 0.320 e. The Hall–Kier alpha value is -1.62. The van der Waals surface area contributed by atoms with Crippen LogP contribution in [0.1, 0.15) is 12.0 Å². The zero-order valence-corrected chi connectivity index (χ0v) is 9.55. The summed E-state index contributed by atoms with van der Waals surface area (Å²) in [6.45, 7) is 0. The standard InChI is InChI=1S/C11H17N3O2/c1-14(2)10-7-8(5-6-13-10)3-4-9(12)11(15)16/h5-7,9H,3-4,12H2,1-2H3,(H,15,16). The van der Waals surface area contributed by atoms with Gasteiger partial charge in [-0.1, -0.05) is 0 Å². The summed E-state index contributed by atoms with van der Waals surface area (Å²) in [5, 5.41) is 8.66. The van der Waals surface area contributed by atoms with E-state index in [1.54, 1.807) is 6.20 Å². The highest BCUT2D eigenvalue weighted by Gasteiger charge is 2.11. The summed E-state index contributed by atoms with van der Waals surface area (Å²) in [4.78, 5) is 16.6. The number of hydrogen-bond acceptors (Lipinski definition) is 4. The Bertz CT molecular complexity index is 366. The molecule has 0 radical (unpaired) electrons. The van der Waals surface area contributed by atoms with Crippen LogP contribution < -0.4 is 10.6 Å². The number of pyridine rings is 1. The molecule has 0 saturated carbocycles. The quantitative estimate of drug-likeness (QED) is 0.759. The summed E-state index contributed by atoms with van der Waals surface area (Å²) in [5.74, 6) is -0.0942. The van der Waals surface area contributed by atoms with Gasteiger partial charge in [0, 0.05) is 20.3 Å². The molecule has 1 heterocycles. The van der Waals surface area contributed by atoms with Gasteiger partial charge in [0.1, 0.15) is 11.9 Å². The first-order chi connectivity index (χ1) is 7.50. The first-order valence-electron chi connectivity index (χ1n) is 5.11. The van der Waals surface area contributed by atoms with Crippen LogP contribution in [0.4, 0.5) is 5.82 Å². The van der Waals surface area contributed by atoms with E-state index in [0.717, 1.165) is 11.4 Å². The lowest BCUT2D eigenvalue weighted by Gasteiger charge is -2.12. The molecule has 0 bridgehead atoms. The number of rotatable bonds is 5. The first-order valence-corrected chi connectivity index (χ1v) is 5.11. The number of aliphatic carboxylic acids is 1. The number of hydrogen-bond donors (Lipinski definition) is 2. The molecule has 88 valence electrons. The summed E-state index contributed by atoms with van der Waals surface area (Å²) in [6, 6.07) is 3.02. The van der Waals surface area contributed by atoms with Crippen molar-refractivity contribution < 1.29 is 9.90 Å². The van der Waals surface area contributed by atoms with E-state index in [0.29, 0.717) is 12.8 Å². The zero-order valence-electron chi connectivity index (χ0n) is 9.55. The molecule has 0 spiro atoms. The fourth-order valence-electron chi connectivity index (χ4n) is 1.31. The van der Waals surface area contributed by atoms with Crippen molar-refractivity contribution in [3.63, 3.8) is 0 Å². The number of aromatic nitrogens is 1. The molecule has 1 unspecified atom stereocenters. The average molecular weight is 223 g/mol. The van der Waals surface area contributed by atoms with Gasteiger partial charge in [0.15, 0.2) is 0 Å². The molecule has 0 saturated heterocycles. The predicted molar refractivity (Wildman–Crippen MR) is 62.5 cm³/mol. The molecule has 0 aliphatic heterocycles. The molecular weight excluding hydrogens is 206 g/mol. The van der Waals surface area contributed by atoms with Crippen LogP contribution in [0.5, 0.6) is 0 Å². The van der Waals surface area contributed by atoms with E-state index in [4.69, 9.17) is 10.8 Å². The molecule has 16 heavy (non-hydrogen) atoms. The van der Waals surface area contributed by atoms with Gasteiger partial charge < -0.3 is 15.7 Å². The van der Waals surface area contributed by atoms with Crippen LogP contribution in [0.3, 0.4) is 0 Å². The van der Waals surface area contributed by atoms with Crippen LogP contribution in [0, 0.1) is 0 Å². The molecule has 1 atom stereocenters. The minimum atomic E-state index is -0.957. The number of carboxylic acids is 1. The van der Waals surface area contributed by atoms with Crippen molar-refractivity contribution in [1.29, 1.82) is 0 Å². The highest BCUT2D eigenvalue weighted by molar-refractivity contribution is 5.73. The Labute approximate surface area is 94.9 Å². The molecule has 1 aromatic rings. The van der Waals surface area contributed by atoms with E-state index in [9.17, 15) is 4.79 Å². The monoisotopic (exact) mass is 223 g/mol. The third-order valence-corrected chi connectivity index (χ3v) is 2.33. The summed E-state index contributed by atoms with van der Waals surface area (Å²) >= 11 is 0. The number of nitrogens with two attached hydrogens (primary N) is 1. The molecule has 5 heteroatoms. The van der Waals surface area contributed by atoms with Gasteiger partial charge in [0.25, 0.3) is 0 Å². The molecule has 0 aliphatic rings. The Morgan fingerprint density at radius 3 is 2.88 bits per heavy atom. The Kier molecular flexibility index (Phi) is 4.25. The fraction of sp³-hybridized carbons (Fsp3) is 0.455. The van der Waals surface area contributed by atoms with Gasteiger partial charge in [-0.15, -0.1) is 0 Å². The van der Waals surface area contributed by atoms with E-state index in [1.807, 2.05) is 31.1 Å². The number of nitrogens with zero attached hydrogens (tertiary/aromatic N) is 2. The van der Waals surface area contributed by atoms with Crippen molar-refractivity contribution >= 4 is 11.8 Å². The second kappa shape index (κ2) is 5.46. The van der Waals surface area contributed by atoms with E-state index in [2.05, 4.69) is 4.98 Å². The number of carbonyl (C=O) groups is 1. The summed E-state index contributed by atoms with van der Waals surface area (Å²) in [6.07, 6.45) is 2.81. The lowest BCUT2D eigenvalue weighted by Crippen LogP contribution is -2.30. The van der Waals surface area contributed by atoms with Crippen LogP contribution in [-0.2, 0) is 11.2 Å². The Morgan fingerprint density at radius 2 is 2.31 bits per heavy atom. The summed E-state index contributed by atoms with van der Waals surface area (Å²) < 4.78 is 0. The summed E-state index contributed by atoms with van der Waals surface area (Å²) in [7, 11) is 3.82. The van der Waals surface area contributed by atoms with Crippen molar-refractivity contribution in [1.82, 2.24) is 4.98 Å². The lowest BCUT2D eigenvalue weighted by atomic mass is 10.1. The zero-order chi connectivity index (χ0) is 12.1.